The Hall–Kier alpha value is -2.88. The van der Waals surface area contributed by atoms with E-state index in [0.29, 0.717) is 21.3 Å². The van der Waals surface area contributed by atoms with Crippen molar-refractivity contribution in [2.24, 2.45) is 4.99 Å². The Morgan fingerprint density at radius 1 is 1.14 bits per heavy atom. The minimum Gasteiger partial charge on any atom is -0.272 e. The Kier molecular flexibility index (Phi) is 4.37. The standard InChI is InChI=1S/C20H14Cl2N4O2/c1-20(9-12-2-4-13(10-23)5-3-12)18(28)25(19-24-11-17(27)26(19)20)16-7-14(21)6-15(22)8-16/h2-8H,9,11H2,1H3/t20-/m1/s1. The minimum absolute atomic E-state index is 0.0175. The van der Waals surface area contributed by atoms with E-state index in [9.17, 15) is 9.59 Å². The lowest BCUT2D eigenvalue weighted by atomic mass is 9.90. The third-order valence-electron chi connectivity index (χ3n) is 4.90. The van der Waals surface area contributed by atoms with E-state index in [4.69, 9.17) is 28.5 Å². The van der Waals surface area contributed by atoms with Crippen molar-refractivity contribution < 1.29 is 9.59 Å². The number of hydrogen-bond acceptors (Lipinski definition) is 4. The first-order valence-electron chi connectivity index (χ1n) is 8.51. The first kappa shape index (κ1) is 18.5. The molecule has 0 saturated carbocycles. The van der Waals surface area contributed by atoms with Crippen molar-refractivity contribution in [3.05, 3.63) is 63.6 Å². The van der Waals surface area contributed by atoms with Crippen LogP contribution in [-0.4, -0.2) is 34.8 Å². The molecule has 0 radical (unpaired) electrons. The van der Waals surface area contributed by atoms with Crippen molar-refractivity contribution >= 4 is 46.7 Å². The molecule has 1 saturated heterocycles. The maximum Gasteiger partial charge on any atom is 0.260 e. The van der Waals surface area contributed by atoms with Gasteiger partial charge in [-0.2, -0.15) is 5.26 Å². The predicted molar refractivity (Wildman–Crippen MR) is 106 cm³/mol. The number of fused-ring (bicyclic) bond motifs is 1. The van der Waals surface area contributed by atoms with Gasteiger partial charge in [0.05, 0.1) is 17.3 Å². The number of hydrogen-bond donors (Lipinski definition) is 0. The monoisotopic (exact) mass is 412 g/mol. The van der Waals surface area contributed by atoms with Gasteiger partial charge in [-0.3, -0.25) is 14.5 Å². The van der Waals surface area contributed by atoms with Crippen LogP contribution in [0.15, 0.2) is 47.5 Å². The zero-order valence-corrected chi connectivity index (χ0v) is 16.3. The van der Waals surface area contributed by atoms with Crippen molar-refractivity contribution in [3.63, 3.8) is 0 Å². The van der Waals surface area contributed by atoms with Gasteiger partial charge in [-0.25, -0.2) is 9.89 Å². The Balaban J connectivity index is 1.77. The second-order valence-corrected chi connectivity index (χ2v) is 7.75. The number of aliphatic imine (C=N–C) groups is 1. The second-order valence-electron chi connectivity index (χ2n) is 6.87. The number of anilines is 1. The highest BCUT2D eigenvalue weighted by Gasteiger charge is 2.57. The maximum absolute atomic E-state index is 13.4. The zero-order valence-electron chi connectivity index (χ0n) is 14.8. The molecule has 0 N–H and O–H groups in total. The molecule has 140 valence electrons. The van der Waals surface area contributed by atoms with Crippen LogP contribution in [0.2, 0.25) is 10.0 Å². The van der Waals surface area contributed by atoms with E-state index in [2.05, 4.69) is 11.1 Å². The Morgan fingerprint density at radius 2 is 1.79 bits per heavy atom. The fourth-order valence-corrected chi connectivity index (χ4v) is 4.15. The summed E-state index contributed by atoms with van der Waals surface area (Å²) in [6.07, 6.45) is 0.285. The molecule has 0 aromatic heterocycles. The van der Waals surface area contributed by atoms with Gasteiger partial charge in [-0.05, 0) is 42.8 Å². The molecule has 1 atom stereocenters. The molecular weight excluding hydrogens is 399 g/mol. The molecule has 0 unspecified atom stereocenters. The smallest absolute Gasteiger partial charge is 0.260 e. The summed E-state index contributed by atoms with van der Waals surface area (Å²) in [7, 11) is 0. The molecule has 6 nitrogen and oxygen atoms in total. The Morgan fingerprint density at radius 3 is 2.39 bits per heavy atom. The average Bonchev–Trinajstić information content (AvgIpc) is 3.12. The molecule has 1 fully saturated rings. The number of halogens is 2. The SMILES string of the molecule is C[C@@]1(Cc2ccc(C#N)cc2)C(=O)N(c2cc(Cl)cc(Cl)c2)C2=NCC(=O)N21. The first-order chi connectivity index (χ1) is 13.3. The van der Waals surface area contributed by atoms with Gasteiger partial charge >= 0.3 is 0 Å². The number of nitrogens with zero attached hydrogens (tertiary/aromatic N) is 4. The number of amides is 2. The van der Waals surface area contributed by atoms with Crippen LogP contribution in [-0.2, 0) is 16.0 Å². The van der Waals surface area contributed by atoms with Crippen LogP contribution in [0.3, 0.4) is 0 Å². The lowest BCUT2D eigenvalue weighted by Crippen LogP contribution is -2.50. The van der Waals surface area contributed by atoms with Crippen molar-refractivity contribution in [1.82, 2.24) is 4.90 Å². The van der Waals surface area contributed by atoms with E-state index < -0.39 is 5.54 Å². The Labute approximate surface area is 171 Å². The van der Waals surface area contributed by atoms with Crippen molar-refractivity contribution in [3.8, 4) is 6.07 Å². The highest BCUT2D eigenvalue weighted by Crippen LogP contribution is 2.38. The van der Waals surface area contributed by atoms with Gasteiger partial charge in [-0.1, -0.05) is 35.3 Å². The number of guanidine groups is 1. The van der Waals surface area contributed by atoms with Crippen LogP contribution >= 0.6 is 23.2 Å². The number of benzene rings is 2. The quantitative estimate of drug-likeness (QED) is 0.774. The van der Waals surface area contributed by atoms with Gasteiger partial charge in [-0.15, -0.1) is 0 Å². The van der Waals surface area contributed by atoms with Crippen LogP contribution in [0.5, 0.6) is 0 Å². The molecule has 2 aliphatic heterocycles. The van der Waals surface area contributed by atoms with Crippen LogP contribution in [0.1, 0.15) is 18.1 Å². The molecule has 2 amide bonds. The number of nitriles is 1. The minimum atomic E-state index is -1.14. The zero-order chi connectivity index (χ0) is 20.1. The first-order valence-corrected chi connectivity index (χ1v) is 9.26. The summed E-state index contributed by atoms with van der Waals surface area (Å²) in [5.74, 6) is -0.249. The van der Waals surface area contributed by atoms with Crippen LogP contribution < -0.4 is 4.90 Å². The normalized spacial score (nSPS) is 21.0. The highest BCUT2D eigenvalue weighted by molar-refractivity contribution is 6.36. The van der Waals surface area contributed by atoms with Crippen LogP contribution in [0.25, 0.3) is 0 Å². The predicted octanol–water partition coefficient (Wildman–Crippen LogP) is 3.41. The van der Waals surface area contributed by atoms with Gasteiger partial charge in [0.15, 0.2) is 0 Å². The van der Waals surface area contributed by atoms with Gasteiger partial charge in [0, 0.05) is 16.5 Å². The molecule has 2 aliphatic rings. The molecule has 28 heavy (non-hydrogen) atoms. The molecule has 0 spiro atoms. The second kappa shape index (κ2) is 6.62. The lowest BCUT2D eigenvalue weighted by Gasteiger charge is -2.29. The fourth-order valence-electron chi connectivity index (χ4n) is 3.64. The number of carbonyl (C=O) groups excluding carboxylic acids is 2. The summed E-state index contributed by atoms with van der Waals surface area (Å²) in [6.45, 7) is 1.70. The third kappa shape index (κ3) is 2.84. The molecule has 2 heterocycles. The number of rotatable bonds is 3. The van der Waals surface area contributed by atoms with Crippen molar-refractivity contribution in [1.29, 1.82) is 5.26 Å². The highest BCUT2D eigenvalue weighted by atomic mass is 35.5. The van der Waals surface area contributed by atoms with E-state index in [-0.39, 0.29) is 30.7 Å². The van der Waals surface area contributed by atoms with Gasteiger partial charge in [0.1, 0.15) is 12.1 Å². The summed E-state index contributed by atoms with van der Waals surface area (Å²) in [6, 6.07) is 13.8. The number of carbonyl (C=O) groups is 2. The molecular formula is C20H14Cl2N4O2. The van der Waals surface area contributed by atoms with E-state index in [1.807, 2.05) is 0 Å². The molecule has 8 heteroatoms. The molecule has 0 bridgehead atoms. The van der Waals surface area contributed by atoms with Crippen LogP contribution in [0, 0.1) is 11.3 Å². The van der Waals surface area contributed by atoms with Gasteiger partial charge in [0.2, 0.25) is 5.96 Å². The van der Waals surface area contributed by atoms with Crippen molar-refractivity contribution in [2.45, 2.75) is 18.9 Å². The Bertz CT molecular complexity index is 1050. The summed E-state index contributed by atoms with van der Waals surface area (Å²) in [5.41, 5.74) is 0.681. The average molecular weight is 413 g/mol. The molecule has 4 rings (SSSR count). The van der Waals surface area contributed by atoms with E-state index in [1.165, 1.54) is 9.80 Å². The van der Waals surface area contributed by atoms with Crippen LogP contribution in [0.4, 0.5) is 5.69 Å². The summed E-state index contributed by atoms with van der Waals surface area (Å²) < 4.78 is 0. The van der Waals surface area contributed by atoms with Crippen molar-refractivity contribution in [2.75, 3.05) is 11.4 Å². The lowest BCUT2D eigenvalue weighted by molar-refractivity contribution is -0.135. The molecule has 2 aromatic carbocycles. The summed E-state index contributed by atoms with van der Waals surface area (Å²) in [5, 5.41) is 9.73. The van der Waals surface area contributed by atoms with E-state index in [0.717, 1.165) is 5.56 Å². The summed E-state index contributed by atoms with van der Waals surface area (Å²) in [4.78, 5) is 33.1. The maximum atomic E-state index is 13.4. The molecule has 0 aliphatic carbocycles. The van der Waals surface area contributed by atoms with Gasteiger partial charge < -0.3 is 0 Å². The molecule has 2 aromatic rings. The van der Waals surface area contributed by atoms with E-state index in [1.54, 1.807) is 49.4 Å². The largest absolute Gasteiger partial charge is 0.272 e. The van der Waals surface area contributed by atoms with E-state index >= 15 is 0 Å². The van der Waals surface area contributed by atoms with Gasteiger partial charge in [0.25, 0.3) is 11.8 Å². The topological polar surface area (TPSA) is 76.8 Å². The third-order valence-corrected chi connectivity index (χ3v) is 5.34. The fraction of sp³-hybridized carbons (Fsp3) is 0.200. The summed E-state index contributed by atoms with van der Waals surface area (Å²) >= 11 is 12.2.